The van der Waals surface area contributed by atoms with Gasteiger partial charge in [0.15, 0.2) is 5.82 Å². The Kier molecular flexibility index (Phi) is 2.76. The van der Waals surface area contributed by atoms with Crippen molar-refractivity contribution in [3.63, 3.8) is 0 Å². The monoisotopic (exact) mass is 256 g/mol. The van der Waals surface area contributed by atoms with Crippen molar-refractivity contribution in [1.29, 1.82) is 0 Å². The number of pyridine rings is 1. The van der Waals surface area contributed by atoms with Crippen LogP contribution in [0.1, 0.15) is 17.0 Å². The summed E-state index contributed by atoms with van der Waals surface area (Å²) in [5, 5.41) is 3.98. The zero-order valence-corrected chi connectivity index (χ0v) is 9.78. The van der Waals surface area contributed by atoms with Gasteiger partial charge < -0.3 is 5.73 Å². The number of hydrogen-bond donors (Lipinski definition) is 1. The lowest BCUT2D eigenvalue weighted by Crippen LogP contribution is -2.14. The summed E-state index contributed by atoms with van der Waals surface area (Å²) in [4.78, 5) is 3.76. The Bertz CT molecular complexity index is 586. The third-order valence-electron chi connectivity index (χ3n) is 2.64. The molecule has 7 heteroatoms. The highest BCUT2D eigenvalue weighted by molar-refractivity contribution is 5.50. The average molecular weight is 256 g/mol. The van der Waals surface area contributed by atoms with E-state index >= 15 is 0 Å². The Morgan fingerprint density at radius 2 is 1.94 bits per heavy atom. The first-order valence-corrected chi connectivity index (χ1v) is 5.16. The SMILES string of the molecule is Cc1nn(-c2ncccc2C(F)(F)F)c(C)c1N. The molecule has 0 fully saturated rings. The van der Waals surface area contributed by atoms with Crippen LogP contribution in [0, 0.1) is 13.8 Å². The highest BCUT2D eigenvalue weighted by Gasteiger charge is 2.35. The molecule has 0 aliphatic rings. The first-order valence-electron chi connectivity index (χ1n) is 5.16. The second-order valence-electron chi connectivity index (χ2n) is 3.87. The summed E-state index contributed by atoms with van der Waals surface area (Å²) in [6.45, 7) is 3.24. The summed E-state index contributed by atoms with van der Waals surface area (Å²) in [6, 6.07) is 2.20. The lowest BCUT2D eigenvalue weighted by Gasteiger charge is -2.12. The Labute approximate surface area is 101 Å². The van der Waals surface area contributed by atoms with E-state index in [1.807, 2.05) is 0 Å². The Hall–Kier alpha value is -2.05. The van der Waals surface area contributed by atoms with Crippen molar-refractivity contribution in [1.82, 2.24) is 14.8 Å². The van der Waals surface area contributed by atoms with Gasteiger partial charge in [-0.3, -0.25) is 0 Å². The minimum atomic E-state index is -4.48. The van der Waals surface area contributed by atoms with Gasteiger partial charge in [0.05, 0.1) is 17.1 Å². The predicted octanol–water partition coefficient (Wildman–Crippen LogP) is 2.49. The molecular weight excluding hydrogens is 245 g/mol. The van der Waals surface area contributed by atoms with Crippen LogP contribution in [0.2, 0.25) is 0 Å². The minimum Gasteiger partial charge on any atom is -0.396 e. The van der Waals surface area contributed by atoms with E-state index in [1.165, 1.54) is 12.3 Å². The molecule has 2 aromatic heterocycles. The van der Waals surface area contributed by atoms with Gasteiger partial charge in [-0.2, -0.15) is 18.3 Å². The van der Waals surface area contributed by atoms with Gasteiger partial charge in [0.1, 0.15) is 5.56 Å². The summed E-state index contributed by atoms with van der Waals surface area (Å²) in [6.07, 6.45) is -3.19. The van der Waals surface area contributed by atoms with Crippen LogP contribution in [-0.4, -0.2) is 14.8 Å². The van der Waals surface area contributed by atoms with E-state index in [-0.39, 0.29) is 5.82 Å². The fourth-order valence-corrected chi connectivity index (χ4v) is 1.65. The molecular formula is C11H11F3N4. The maximum atomic E-state index is 12.9. The maximum absolute atomic E-state index is 12.9. The smallest absolute Gasteiger partial charge is 0.396 e. The summed E-state index contributed by atoms with van der Waals surface area (Å²) >= 11 is 0. The van der Waals surface area contributed by atoms with E-state index in [1.54, 1.807) is 13.8 Å². The number of hydrogen-bond acceptors (Lipinski definition) is 3. The highest BCUT2D eigenvalue weighted by Crippen LogP contribution is 2.33. The number of aryl methyl sites for hydroxylation is 1. The van der Waals surface area contributed by atoms with Crippen molar-refractivity contribution < 1.29 is 13.2 Å². The van der Waals surface area contributed by atoms with Gasteiger partial charge in [0.2, 0.25) is 0 Å². The second-order valence-corrected chi connectivity index (χ2v) is 3.87. The molecule has 0 aromatic carbocycles. The second kappa shape index (κ2) is 4.01. The van der Waals surface area contributed by atoms with Crippen LogP contribution < -0.4 is 5.73 Å². The van der Waals surface area contributed by atoms with Crippen LogP contribution in [0.25, 0.3) is 5.82 Å². The lowest BCUT2D eigenvalue weighted by atomic mass is 10.2. The molecule has 0 aliphatic carbocycles. The number of nitrogens with zero attached hydrogens (tertiary/aromatic N) is 3. The lowest BCUT2D eigenvalue weighted by molar-refractivity contribution is -0.137. The molecule has 0 saturated carbocycles. The fraction of sp³-hybridized carbons (Fsp3) is 0.273. The fourth-order valence-electron chi connectivity index (χ4n) is 1.65. The van der Waals surface area contributed by atoms with E-state index < -0.39 is 11.7 Å². The number of nitrogen functional groups attached to an aromatic ring is 1. The number of aromatic nitrogens is 3. The van der Waals surface area contributed by atoms with E-state index in [4.69, 9.17) is 5.73 Å². The third kappa shape index (κ3) is 1.92. The molecule has 0 radical (unpaired) electrons. The topological polar surface area (TPSA) is 56.7 Å². The van der Waals surface area contributed by atoms with Crippen molar-refractivity contribution in [2.75, 3.05) is 5.73 Å². The Balaban J connectivity index is 2.68. The number of alkyl halides is 3. The first kappa shape index (κ1) is 12.4. The molecule has 2 rings (SSSR count). The largest absolute Gasteiger partial charge is 0.420 e. The third-order valence-corrected chi connectivity index (χ3v) is 2.64. The zero-order valence-electron chi connectivity index (χ0n) is 9.78. The predicted molar refractivity (Wildman–Crippen MR) is 60.2 cm³/mol. The molecule has 0 bridgehead atoms. The molecule has 4 nitrogen and oxygen atoms in total. The number of rotatable bonds is 1. The molecule has 0 unspecified atom stereocenters. The van der Waals surface area contributed by atoms with E-state index in [0.717, 1.165) is 10.7 Å². The minimum absolute atomic E-state index is 0.262. The van der Waals surface area contributed by atoms with Crippen molar-refractivity contribution in [3.8, 4) is 5.82 Å². The molecule has 0 aliphatic heterocycles. The highest BCUT2D eigenvalue weighted by atomic mass is 19.4. The van der Waals surface area contributed by atoms with Crippen LogP contribution in [0.5, 0.6) is 0 Å². The summed E-state index contributed by atoms with van der Waals surface area (Å²) in [7, 11) is 0. The molecule has 18 heavy (non-hydrogen) atoms. The normalized spacial score (nSPS) is 11.8. The molecule has 0 spiro atoms. The van der Waals surface area contributed by atoms with Crippen LogP contribution in [0.3, 0.4) is 0 Å². The van der Waals surface area contributed by atoms with Gasteiger partial charge in [-0.15, -0.1) is 0 Å². The first-order chi connectivity index (χ1) is 8.32. The Morgan fingerprint density at radius 1 is 1.28 bits per heavy atom. The number of halogens is 3. The van der Waals surface area contributed by atoms with Gasteiger partial charge in [0, 0.05) is 6.20 Å². The van der Waals surface area contributed by atoms with Crippen molar-refractivity contribution in [2.45, 2.75) is 20.0 Å². The van der Waals surface area contributed by atoms with Crippen molar-refractivity contribution >= 4 is 5.69 Å². The molecule has 0 atom stereocenters. The molecule has 2 aromatic rings. The van der Waals surface area contributed by atoms with Gasteiger partial charge in [-0.05, 0) is 26.0 Å². The summed E-state index contributed by atoms with van der Waals surface area (Å²) in [5.74, 6) is -0.262. The molecule has 96 valence electrons. The van der Waals surface area contributed by atoms with Crippen molar-refractivity contribution in [3.05, 3.63) is 35.3 Å². The molecule has 2 heterocycles. The Morgan fingerprint density at radius 3 is 2.44 bits per heavy atom. The van der Waals surface area contributed by atoms with Crippen molar-refractivity contribution in [2.24, 2.45) is 0 Å². The summed E-state index contributed by atoms with van der Waals surface area (Å²) < 4.78 is 39.7. The number of nitrogens with two attached hydrogens (primary N) is 1. The van der Waals surface area contributed by atoms with Gasteiger partial charge in [-0.25, -0.2) is 9.67 Å². The van der Waals surface area contributed by atoms with Gasteiger partial charge >= 0.3 is 6.18 Å². The van der Waals surface area contributed by atoms with Gasteiger partial charge in [-0.1, -0.05) is 0 Å². The molecule has 0 amide bonds. The van der Waals surface area contributed by atoms with Gasteiger partial charge in [0.25, 0.3) is 0 Å². The van der Waals surface area contributed by atoms with E-state index in [0.29, 0.717) is 17.1 Å². The van der Waals surface area contributed by atoms with Crippen LogP contribution in [0.4, 0.5) is 18.9 Å². The summed E-state index contributed by atoms with van der Waals surface area (Å²) in [5.41, 5.74) is 6.16. The van der Waals surface area contributed by atoms with Crippen LogP contribution in [0.15, 0.2) is 18.3 Å². The molecule has 2 N–H and O–H groups in total. The average Bonchev–Trinajstić information content (AvgIpc) is 2.56. The van der Waals surface area contributed by atoms with Crippen LogP contribution in [-0.2, 0) is 6.18 Å². The molecule has 0 saturated heterocycles. The van der Waals surface area contributed by atoms with E-state index in [9.17, 15) is 13.2 Å². The maximum Gasteiger partial charge on any atom is 0.420 e. The standard InChI is InChI=1S/C11H11F3N4/c1-6-9(15)7(2)18(17-6)10-8(11(12,13)14)4-3-5-16-10/h3-5H,15H2,1-2H3. The quantitative estimate of drug-likeness (QED) is 0.852. The zero-order chi connectivity index (χ0) is 13.5. The number of anilines is 1. The van der Waals surface area contributed by atoms with Crippen LogP contribution >= 0.6 is 0 Å². The van der Waals surface area contributed by atoms with E-state index in [2.05, 4.69) is 10.1 Å².